The first-order valence-corrected chi connectivity index (χ1v) is 10.9. The van der Waals surface area contributed by atoms with Crippen LogP contribution in [-0.2, 0) is 14.2 Å². The zero-order valence-corrected chi connectivity index (χ0v) is 18.8. The van der Waals surface area contributed by atoms with Crippen LogP contribution < -0.4 is 0 Å². The molecule has 1 unspecified atom stereocenters. The Kier molecular flexibility index (Phi) is 22.4. The van der Waals surface area contributed by atoms with Crippen molar-refractivity contribution in [3.8, 4) is 0 Å². The minimum Gasteiger partial charge on any atom is -0.385 e. The van der Waals surface area contributed by atoms with E-state index < -0.39 is 5.79 Å². The van der Waals surface area contributed by atoms with Gasteiger partial charge in [-0.25, -0.2) is 0 Å². The van der Waals surface area contributed by atoms with Crippen molar-refractivity contribution in [3.63, 3.8) is 0 Å². The second kappa shape index (κ2) is 20.9. The fraction of sp³-hybridized carbons (Fsp3) is 0.913. The average molecular weight is 373 g/mol. The number of ether oxygens (including phenoxy) is 3. The topological polar surface area (TPSA) is 27.7 Å². The summed E-state index contributed by atoms with van der Waals surface area (Å²) in [7, 11) is 1.77. The predicted molar refractivity (Wildman–Crippen MR) is 115 cm³/mol. The number of hydrogen-bond donors (Lipinski definition) is 0. The zero-order valence-electron chi connectivity index (χ0n) is 18.8. The van der Waals surface area contributed by atoms with Crippen molar-refractivity contribution in [2.75, 3.05) is 26.9 Å². The lowest BCUT2D eigenvalue weighted by Gasteiger charge is -2.37. The number of hydrogen-bond acceptors (Lipinski definition) is 3. The molecule has 0 fully saturated rings. The third-order valence-corrected chi connectivity index (χ3v) is 4.70. The predicted octanol–water partition coefficient (Wildman–Crippen LogP) is 7.15. The lowest BCUT2D eigenvalue weighted by atomic mass is 9.88. The Balaban J connectivity index is 0. The van der Waals surface area contributed by atoms with Crippen LogP contribution >= 0.6 is 0 Å². The fourth-order valence-electron chi connectivity index (χ4n) is 3.16. The lowest BCUT2D eigenvalue weighted by Crippen LogP contribution is -2.41. The summed E-state index contributed by atoms with van der Waals surface area (Å²) in [6.07, 6.45) is 14.3. The fourth-order valence-corrected chi connectivity index (χ4v) is 3.16. The molecule has 0 rings (SSSR count). The summed E-state index contributed by atoms with van der Waals surface area (Å²) in [5, 5.41) is 0. The molecule has 0 N–H and O–H groups in total. The Morgan fingerprint density at radius 2 is 1.35 bits per heavy atom. The highest BCUT2D eigenvalue weighted by Crippen LogP contribution is 2.32. The van der Waals surface area contributed by atoms with Gasteiger partial charge >= 0.3 is 0 Å². The van der Waals surface area contributed by atoms with Gasteiger partial charge < -0.3 is 14.2 Å². The van der Waals surface area contributed by atoms with Crippen molar-refractivity contribution < 1.29 is 14.2 Å². The van der Waals surface area contributed by atoms with Crippen molar-refractivity contribution in [1.82, 2.24) is 0 Å². The normalized spacial score (nSPS) is 12.4. The molecule has 3 heteroatoms. The molecule has 158 valence electrons. The van der Waals surface area contributed by atoms with Crippen LogP contribution in [0.4, 0.5) is 0 Å². The van der Waals surface area contributed by atoms with E-state index in [-0.39, 0.29) is 0 Å². The Hall–Kier alpha value is -0.380. The van der Waals surface area contributed by atoms with E-state index in [1.165, 1.54) is 44.9 Å². The van der Waals surface area contributed by atoms with Gasteiger partial charge in [0, 0.05) is 32.8 Å². The van der Waals surface area contributed by atoms with Gasteiger partial charge in [-0.1, -0.05) is 58.4 Å². The molecule has 26 heavy (non-hydrogen) atoms. The minimum absolute atomic E-state index is 0.444. The summed E-state index contributed by atoms with van der Waals surface area (Å²) in [5.74, 6) is 0.00873. The van der Waals surface area contributed by atoms with E-state index in [0.717, 1.165) is 25.9 Å². The maximum absolute atomic E-state index is 6.00. The maximum atomic E-state index is 6.00. The van der Waals surface area contributed by atoms with Crippen LogP contribution in [0.25, 0.3) is 0 Å². The Morgan fingerprint density at radius 1 is 0.846 bits per heavy atom. The van der Waals surface area contributed by atoms with Crippen molar-refractivity contribution in [3.05, 3.63) is 12.7 Å². The molecule has 0 spiro atoms. The second-order valence-electron chi connectivity index (χ2n) is 6.97. The van der Waals surface area contributed by atoms with Crippen molar-refractivity contribution in [2.24, 2.45) is 5.92 Å². The molecule has 0 saturated carbocycles. The molecule has 0 aromatic carbocycles. The SMILES string of the molecule is C=CCC.CCCCCCCCC(CCCOC)C(C)(OCC)OCC. The molecule has 0 saturated heterocycles. The molecule has 0 aliphatic heterocycles. The van der Waals surface area contributed by atoms with Crippen LogP contribution in [0.1, 0.15) is 98.8 Å². The summed E-state index contributed by atoms with van der Waals surface area (Å²) in [6, 6.07) is 0. The molecular formula is C23H48O3. The summed E-state index contributed by atoms with van der Waals surface area (Å²) >= 11 is 0. The summed E-state index contributed by atoms with van der Waals surface area (Å²) in [5.41, 5.74) is 0. The van der Waals surface area contributed by atoms with Gasteiger partial charge in [0.2, 0.25) is 0 Å². The minimum atomic E-state index is -0.444. The Labute approximate surface area is 164 Å². The molecular weight excluding hydrogens is 324 g/mol. The van der Waals surface area contributed by atoms with Crippen LogP contribution in [-0.4, -0.2) is 32.7 Å². The first kappa shape index (κ1) is 27.8. The van der Waals surface area contributed by atoms with Gasteiger partial charge in [-0.2, -0.15) is 0 Å². The smallest absolute Gasteiger partial charge is 0.168 e. The number of methoxy groups -OCH3 is 1. The van der Waals surface area contributed by atoms with Gasteiger partial charge in [0.15, 0.2) is 5.79 Å². The van der Waals surface area contributed by atoms with E-state index in [4.69, 9.17) is 14.2 Å². The van der Waals surface area contributed by atoms with Crippen LogP contribution in [0.3, 0.4) is 0 Å². The summed E-state index contributed by atoms with van der Waals surface area (Å²) in [6.45, 7) is 16.3. The van der Waals surface area contributed by atoms with Gasteiger partial charge in [-0.3, -0.25) is 0 Å². The lowest BCUT2D eigenvalue weighted by molar-refractivity contribution is -0.254. The molecule has 0 bridgehead atoms. The van der Waals surface area contributed by atoms with Gasteiger partial charge in [-0.15, -0.1) is 6.58 Å². The molecule has 0 aromatic rings. The van der Waals surface area contributed by atoms with Crippen molar-refractivity contribution in [1.29, 1.82) is 0 Å². The molecule has 0 heterocycles. The molecule has 0 aliphatic rings. The largest absolute Gasteiger partial charge is 0.385 e. The van der Waals surface area contributed by atoms with Crippen LogP contribution in [0.2, 0.25) is 0 Å². The molecule has 0 aromatic heterocycles. The van der Waals surface area contributed by atoms with Crippen LogP contribution in [0, 0.1) is 5.92 Å². The zero-order chi connectivity index (χ0) is 20.1. The highest BCUT2D eigenvalue weighted by atomic mass is 16.7. The van der Waals surface area contributed by atoms with E-state index >= 15 is 0 Å². The number of unbranched alkanes of at least 4 members (excludes halogenated alkanes) is 5. The van der Waals surface area contributed by atoms with Gasteiger partial charge in [0.05, 0.1) is 0 Å². The monoisotopic (exact) mass is 372 g/mol. The highest BCUT2D eigenvalue weighted by Gasteiger charge is 2.34. The standard InChI is InChI=1S/C19H40O3.C4H8/c1-6-9-10-11-12-13-15-18(16-14-17-20-5)19(4,21-7-2)22-8-3;1-3-4-2/h18H,6-17H2,1-5H3;3H,1,4H2,2H3. The number of allylic oxidation sites excluding steroid dienone is 1. The maximum Gasteiger partial charge on any atom is 0.168 e. The Bertz CT molecular complexity index is 273. The van der Waals surface area contributed by atoms with Gasteiger partial charge in [0.25, 0.3) is 0 Å². The molecule has 0 amide bonds. The van der Waals surface area contributed by atoms with E-state index in [0.29, 0.717) is 19.1 Å². The highest BCUT2D eigenvalue weighted by molar-refractivity contribution is 4.76. The van der Waals surface area contributed by atoms with Crippen molar-refractivity contribution >= 4 is 0 Å². The Morgan fingerprint density at radius 3 is 1.81 bits per heavy atom. The third-order valence-electron chi connectivity index (χ3n) is 4.70. The number of rotatable bonds is 17. The molecule has 1 atom stereocenters. The quantitative estimate of drug-likeness (QED) is 0.154. The first-order chi connectivity index (χ1) is 12.6. The summed E-state index contributed by atoms with van der Waals surface area (Å²) < 4.78 is 17.2. The van der Waals surface area contributed by atoms with E-state index in [1.807, 2.05) is 19.9 Å². The third kappa shape index (κ3) is 15.8. The average Bonchev–Trinajstić information content (AvgIpc) is 2.63. The second-order valence-corrected chi connectivity index (χ2v) is 6.97. The first-order valence-electron chi connectivity index (χ1n) is 10.9. The van der Waals surface area contributed by atoms with Crippen LogP contribution in [0.5, 0.6) is 0 Å². The van der Waals surface area contributed by atoms with E-state index in [2.05, 4.69) is 27.4 Å². The van der Waals surface area contributed by atoms with Crippen molar-refractivity contribution in [2.45, 2.75) is 105 Å². The van der Waals surface area contributed by atoms with E-state index in [1.54, 1.807) is 7.11 Å². The molecule has 0 aliphatic carbocycles. The summed E-state index contributed by atoms with van der Waals surface area (Å²) in [4.78, 5) is 0. The molecule has 3 nitrogen and oxygen atoms in total. The van der Waals surface area contributed by atoms with Gasteiger partial charge in [-0.05, 0) is 46.5 Å². The molecule has 0 radical (unpaired) electrons. The van der Waals surface area contributed by atoms with Crippen LogP contribution in [0.15, 0.2) is 12.7 Å². The van der Waals surface area contributed by atoms with Gasteiger partial charge in [0.1, 0.15) is 0 Å². The van der Waals surface area contributed by atoms with E-state index in [9.17, 15) is 0 Å².